The number of aryl methyl sites for hydroxylation is 1. The van der Waals surface area contributed by atoms with E-state index in [1.165, 1.54) is 0 Å². The lowest BCUT2D eigenvalue weighted by Gasteiger charge is -2.16. The average molecular weight is 297 g/mol. The summed E-state index contributed by atoms with van der Waals surface area (Å²) in [4.78, 5) is 11.5. The number of hydrogen-bond donors (Lipinski definition) is 2. The minimum atomic E-state index is -0.938. The van der Waals surface area contributed by atoms with E-state index in [-0.39, 0.29) is 5.56 Å². The highest BCUT2D eigenvalue weighted by molar-refractivity contribution is 7.98. The van der Waals surface area contributed by atoms with Gasteiger partial charge >= 0.3 is 5.97 Å². The largest absolute Gasteiger partial charge is 0.478 e. The molecule has 6 heteroatoms. The van der Waals surface area contributed by atoms with Crippen LogP contribution < -0.4 is 5.32 Å². The number of anilines is 1. The Morgan fingerprint density at radius 1 is 1.35 bits per heavy atom. The smallest absolute Gasteiger partial charge is 0.339 e. The van der Waals surface area contributed by atoms with Gasteiger partial charge < -0.3 is 10.4 Å². The van der Waals surface area contributed by atoms with E-state index in [2.05, 4.69) is 28.7 Å². The first-order valence-corrected chi connectivity index (χ1v) is 8.28. The number of thioether (sulfide) groups is 1. The maximum Gasteiger partial charge on any atom is 0.339 e. The van der Waals surface area contributed by atoms with Crippen molar-refractivity contribution in [1.82, 2.24) is 10.2 Å². The molecule has 1 aromatic rings. The molecule has 0 aromatic carbocycles. The highest BCUT2D eigenvalue weighted by Gasteiger charge is 2.20. The molecule has 1 unspecified atom stereocenters. The quantitative estimate of drug-likeness (QED) is 0.768. The summed E-state index contributed by atoms with van der Waals surface area (Å²) in [5.74, 6) is 0.923. The van der Waals surface area contributed by atoms with Crippen LogP contribution in [0.5, 0.6) is 0 Å². The van der Waals surface area contributed by atoms with Crippen LogP contribution in [0.15, 0.2) is 0 Å². The van der Waals surface area contributed by atoms with Crippen molar-refractivity contribution in [3.05, 3.63) is 16.8 Å². The van der Waals surface area contributed by atoms with Crippen LogP contribution in [0.4, 0.5) is 5.82 Å². The number of aromatic nitrogens is 2. The molecule has 112 valence electrons. The van der Waals surface area contributed by atoms with Crippen molar-refractivity contribution < 1.29 is 9.90 Å². The Hall–Kier alpha value is -1.30. The van der Waals surface area contributed by atoms with Crippen molar-refractivity contribution in [3.8, 4) is 0 Å². The fourth-order valence-electron chi connectivity index (χ4n) is 2.14. The summed E-state index contributed by atoms with van der Waals surface area (Å²) in [5.41, 5.74) is 1.83. The molecule has 0 aliphatic heterocycles. The average Bonchev–Trinajstić information content (AvgIpc) is 2.43. The van der Waals surface area contributed by atoms with E-state index in [9.17, 15) is 9.90 Å². The molecule has 0 spiro atoms. The SMILES string of the molecule is CCc1nnc(NCC(C)CSC)c(C(=O)O)c1CC. The van der Waals surface area contributed by atoms with Crippen molar-refractivity contribution in [2.75, 3.05) is 23.9 Å². The minimum absolute atomic E-state index is 0.274. The minimum Gasteiger partial charge on any atom is -0.478 e. The third-order valence-corrected chi connectivity index (χ3v) is 4.03. The van der Waals surface area contributed by atoms with Gasteiger partial charge in [-0.25, -0.2) is 4.79 Å². The number of nitrogens with zero attached hydrogens (tertiary/aromatic N) is 2. The van der Waals surface area contributed by atoms with Crippen LogP contribution in [-0.4, -0.2) is 39.8 Å². The summed E-state index contributed by atoms with van der Waals surface area (Å²) in [5, 5.41) is 20.8. The molecule has 0 saturated heterocycles. The molecular formula is C14H23N3O2S. The molecule has 0 amide bonds. The summed E-state index contributed by atoms with van der Waals surface area (Å²) in [6, 6.07) is 0. The molecule has 2 N–H and O–H groups in total. The molecule has 1 rings (SSSR count). The van der Waals surface area contributed by atoms with Crippen LogP contribution in [0.2, 0.25) is 0 Å². The standard InChI is InChI=1S/C14H23N3O2S/c1-5-10-11(6-2)16-17-13(12(10)14(18)19)15-7-9(3)8-20-4/h9H,5-8H2,1-4H3,(H,15,17)(H,18,19). The highest BCUT2D eigenvalue weighted by Crippen LogP contribution is 2.21. The van der Waals surface area contributed by atoms with Gasteiger partial charge in [-0.1, -0.05) is 20.8 Å². The van der Waals surface area contributed by atoms with Crippen molar-refractivity contribution in [1.29, 1.82) is 0 Å². The molecular weight excluding hydrogens is 274 g/mol. The van der Waals surface area contributed by atoms with Crippen LogP contribution in [0.25, 0.3) is 0 Å². The number of aromatic carboxylic acids is 1. The lowest BCUT2D eigenvalue weighted by Crippen LogP contribution is -2.19. The molecule has 1 aromatic heterocycles. The predicted octanol–water partition coefficient (Wildman–Crippen LogP) is 2.71. The fraction of sp³-hybridized carbons (Fsp3) is 0.643. The van der Waals surface area contributed by atoms with Gasteiger partial charge in [0.05, 0.1) is 5.69 Å². The monoisotopic (exact) mass is 297 g/mol. The van der Waals surface area contributed by atoms with Gasteiger partial charge in [0.2, 0.25) is 0 Å². The summed E-state index contributed by atoms with van der Waals surface area (Å²) < 4.78 is 0. The normalized spacial score (nSPS) is 12.2. The zero-order valence-corrected chi connectivity index (χ0v) is 13.4. The van der Waals surface area contributed by atoms with E-state index >= 15 is 0 Å². The van der Waals surface area contributed by atoms with Crippen LogP contribution in [0.3, 0.4) is 0 Å². The number of carboxylic acids is 1. The van der Waals surface area contributed by atoms with Crippen molar-refractivity contribution >= 4 is 23.5 Å². The number of hydrogen-bond acceptors (Lipinski definition) is 5. The fourth-order valence-corrected chi connectivity index (χ4v) is 2.83. The zero-order valence-electron chi connectivity index (χ0n) is 12.6. The Morgan fingerprint density at radius 2 is 2.05 bits per heavy atom. The summed E-state index contributed by atoms with van der Waals surface area (Å²) in [7, 11) is 0. The van der Waals surface area contributed by atoms with Crippen LogP contribution in [0.1, 0.15) is 42.4 Å². The van der Waals surface area contributed by atoms with Gasteiger partial charge in [-0.15, -0.1) is 5.10 Å². The second-order valence-electron chi connectivity index (χ2n) is 4.80. The third kappa shape index (κ3) is 4.10. The van der Waals surface area contributed by atoms with Gasteiger partial charge in [-0.3, -0.25) is 0 Å². The van der Waals surface area contributed by atoms with Crippen LogP contribution in [-0.2, 0) is 12.8 Å². The van der Waals surface area contributed by atoms with E-state index in [0.717, 1.165) is 17.0 Å². The maximum atomic E-state index is 11.5. The third-order valence-electron chi connectivity index (χ3n) is 3.13. The number of rotatable bonds is 8. The van der Waals surface area contributed by atoms with Gasteiger partial charge in [0, 0.05) is 6.54 Å². The first kappa shape index (κ1) is 16.8. The van der Waals surface area contributed by atoms with Crippen molar-refractivity contribution in [2.45, 2.75) is 33.6 Å². The molecule has 20 heavy (non-hydrogen) atoms. The van der Waals surface area contributed by atoms with E-state index in [1.807, 2.05) is 13.8 Å². The van der Waals surface area contributed by atoms with Gasteiger partial charge in [-0.2, -0.15) is 16.9 Å². The van der Waals surface area contributed by atoms with Crippen LogP contribution >= 0.6 is 11.8 Å². The van der Waals surface area contributed by atoms with Gasteiger partial charge in [0.15, 0.2) is 5.82 Å². The summed E-state index contributed by atoms with van der Waals surface area (Å²) >= 11 is 1.78. The molecule has 0 saturated carbocycles. The first-order chi connectivity index (χ1) is 9.54. The zero-order chi connectivity index (χ0) is 15.1. The van der Waals surface area contributed by atoms with Gasteiger partial charge in [0.1, 0.15) is 5.56 Å². The Labute approximate surface area is 124 Å². The van der Waals surface area contributed by atoms with Crippen molar-refractivity contribution in [3.63, 3.8) is 0 Å². The Balaban J connectivity index is 3.04. The van der Waals surface area contributed by atoms with Crippen molar-refractivity contribution in [2.24, 2.45) is 5.92 Å². The lowest BCUT2D eigenvalue weighted by atomic mass is 10.0. The van der Waals surface area contributed by atoms with Gasteiger partial charge in [-0.05, 0) is 36.3 Å². The predicted molar refractivity (Wildman–Crippen MR) is 83.8 cm³/mol. The van der Waals surface area contributed by atoms with Crippen LogP contribution in [0, 0.1) is 5.92 Å². The van der Waals surface area contributed by atoms with E-state index < -0.39 is 5.97 Å². The Kier molecular flexibility index (Phi) is 6.78. The van der Waals surface area contributed by atoms with Gasteiger partial charge in [0.25, 0.3) is 0 Å². The second kappa shape index (κ2) is 8.09. The highest BCUT2D eigenvalue weighted by atomic mass is 32.2. The molecule has 1 atom stereocenters. The molecule has 0 bridgehead atoms. The number of carboxylic acid groups (broad SMARTS) is 1. The molecule has 0 aliphatic carbocycles. The summed E-state index contributed by atoms with van der Waals surface area (Å²) in [6.45, 7) is 6.73. The second-order valence-corrected chi connectivity index (χ2v) is 5.71. The topological polar surface area (TPSA) is 75.1 Å². The number of nitrogens with one attached hydrogen (secondary N) is 1. The Morgan fingerprint density at radius 3 is 2.55 bits per heavy atom. The molecule has 1 heterocycles. The van der Waals surface area contributed by atoms with E-state index in [1.54, 1.807) is 11.8 Å². The maximum absolute atomic E-state index is 11.5. The molecule has 5 nitrogen and oxygen atoms in total. The summed E-state index contributed by atoms with van der Waals surface area (Å²) in [6.07, 6.45) is 3.40. The molecule has 0 fully saturated rings. The molecule has 0 radical (unpaired) electrons. The lowest BCUT2D eigenvalue weighted by molar-refractivity contribution is 0.0696. The first-order valence-electron chi connectivity index (χ1n) is 6.89. The van der Waals surface area contributed by atoms with E-state index in [4.69, 9.17) is 0 Å². The number of carbonyl (C=O) groups is 1. The Bertz CT molecular complexity index is 466. The van der Waals surface area contributed by atoms with E-state index in [0.29, 0.717) is 31.1 Å². The molecule has 0 aliphatic rings.